The van der Waals surface area contributed by atoms with E-state index in [1.807, 2.05) is 6.92 Å². The molecule has 2 aliphatic rings. The van der Waals surface area contributed by atoms with E-state index < -0.39 is 28.6 Å². The van der Waals surface area contributed by atoms with Crippen molar-refractivity contribution >= 4 is 28.5 Å². The number of piperazine rings is 1. The van der Waals surface area contributed by atoms with Gasteiger partial charge in [0, 0.05) is 31.9 Å². The molecule has 1 aromatic heterocycles. The lowest BCUT2D eigenvalue weighted by Crippen LogP contribution is -2.50. The molecule has 0 spiro atoms. The SMILES string of the molecule is CCN1CCN(c2c(F)cc3c(=O)c(C(=O)O)cn(C4CC4)c3c2F)CC1=O. The molecule has 1 aromatic carbocycles. The Bertz CT molecular complexity index is 1060. The van der Waals surface area contributed by atoms with Crippen molar-refractivity contribution in [1.82, 2.24) is 9.47 Å². The first-order valence-electron chi connectivity index (χ1n) is 9.16. The van der Waals surface area contributed by atoms with Gasteiger partial charge in [0.25, 0.3) is 0 Å². The number of rotatable bonds is 4. The number of halogens is 2. The minimum absolute atomic E-state index is 0.112. The van der Waals surface area contributed by atoms with Gasteiger partial charge in [-0.05, 0) is 25.8 Å². The van der Waals surface area contributed by atoms with E-state index in [9.17, 15) is 23.9 Å². The molecule has 7 nitrogen and oxygen atoms in total. The molecule has 0 atom stereocenters. The predicted octanol–water partition coefficient (Wildman–Crippen LogP) is 1.98. The van der Waals surface area contributed by atoms with Crippen LogP contribution in [-0.2, 0) is 4.79 Å². The fourth-order valence-corrected chi connectivity index (χ4v) is 3.75. The second-order valence-corrected chi connectivity index (χ2v) is 7.13. The zero-order chi connectivity index (χ0) is 20.2. The first-order valence-corrected chi connectivity index (χ1v) is 9.16. The maximum atomic E-state index is 15.5. The molecule has 0 radical (unpaired) electrons. The highest BCUT2D eigenvalue weighted by Crippen LogP contribution is 2.39. The molecule has 1 amide bonds. The third-order valence-corrected chi connectivity index (χ3v) is 5.37. The summed E-state index contributed by atoms with van der Waals surface area (Å²) in [6.07, 6.45) is 2.57. The smallest absolute Gasteiger partial charge is 0.341 e. The molecule has 2 aromatic rings. The van der Waals surface area contributed by atoms with E-state index in [1.165, 1.54) is 9.47 Å². The van der Waals surface area contributed by atoms with E-state index in [-0.39, 0.29) is 41.6 Å². The minimum Gasteiger partial charge on any atom is -0.477 e. The first kappa shape index (κ1) is 18.4. The van der Waals surface area contributed by atoms with Gasteiger partial charge in [-0.2, -0.15) is 0 Å². The van der Waals surface area contributed by atoms with Crippen LogP contribution in [0.25, 0.3) is 10.9 Å². The largest absolute Gasteiger partial charge is 0.477 e. The number of aromatic carboxylic acids is 1. The Labute approximate surface area is 158 Å². The Morgan fingerprint density at radius 2 is 1.96 bits per heavy atom. The van der Waals surface area contributed by atoms with Gasteiger partial charge in [0.15, 0.2) is 5.82 Å². The normalized spacial score (nSPS) is 17.5. The summed E-state index contributed by atoms with van der Waals surface area (Å²) in [5.41, 5.74) is -1.90. The molecule has 148 valence electrons. The van der Waals surface area contributed by atoms with Crippen LogP contribution in [0.5, 0.6) is 0 Å². The second kappa shape index (κ2) is 6.57. The van der Waals surface area contributed by atoms with Gasteiger partial charge in [-0.15, -0.1) is 0 Å². The summed E-state index contributed by atoms with van der Waals surface area (Å²) in [5.74, 6) is -3.58. The van der Waals surface area contributed by atoms with Crippen molar-refractivity contribution in [3.05, 3.63) is 39.7 Å². The van der Waals surface area contributed by atoms with Crippen LogP contribution in [0.15, 0.2) is 17.1 Å². The van der Waals surface area contributed by atoms with Crippen LogP contribution in [0.3, 0.4) is 0 Å². The number of carbonyl (C=O) groups excluding carboxylic acids is 1. The third-order valence-electron chi connectivity index (χ3n) is 5.37. The lowest BCUT2D eigenvalue weighted by atomic mass is 10.1. The highest BCUT2D eigenvalue weighted by molar-refractivity contribution is 5.94. The summed E-state index contributed by atoms with van der Waals surface area (Å²) in [4.78, 5) is 39.0. The lowest BCUT2D eigenvalue weighted by Gasteiger charge is -2.35. The maximum absolute atomic E-state index is 15.5. The number of carboxylic acids is 1. The van der Waals surface area contributed by atoms with Crippen LogP contribution in [0.4, 0.5) is 14.5 Å². The topological polar surface area (TPSA) is 82.8 Å². The number of carboxylic acid groups (broad SMARTS) is 1. The summed E-state index contributed by atoms with van der Waals surface area (Å²) >= 11 is 0. The fourth-order valence-electron chi connectivity index (χ4n) is 3.75. The number of aromatic nitrogens is 1. The van der Waals surface area contributed by atoms with Gasteiger partial charge >= 0.3 is 5.97 Å². The monoisotopic (exact) mass is 391 g/mol. The molecular weight excluding hydrogens is 372 g/mol. The Kier molecular flexibility index (Phi) is 4.32. The molecule has 1 saturated carbocycles. The Morgan fingerprint density at radius 1 is 1.25 bits per heavy atom. The molecule has 2 heterocycles. The van der Waals surface area contributed by atoms with Gasteiger partial charge in [-0.1, -0.05) is 0 Å². The molecule has 1 N–H and O–H groups in total. The molecule has 4 rings (SSSR count). The molecule has 9 heteroatoms. The Hall–Kier alpha value is -2.97. The van der Waals surface area contributed by atoms with Crippen molar-refractivity contribution in [3.63, 3.8) is 0 Å². The number of likely N-dealkylation sites (N-methyl/N-ethyl adjacent to an activating group) is 1. The van der Waals surface area contributed by atoms with Crippen molar-refractivity contribution < 1.29 is 23.5 Å². The Balaban J connectivity index is 1.92. The number of anilines is 1. The van der Waals surface area contributed by atoms with Crippen LogP contribution in [0.1, 0.15) is 36.2 Å². The molecule has 0 bridgehead atoms. The van der Waals surface area contributed by atoms with Gasteiger partial charge in [0.05, 0.1) is 17.4 Å². The van der Waals surface area contributed by atoms with E-state index in [0.717, 1.165) is 25.1 Å². The molecule has 1 aliphatic heterocycles. The number of pyridine rings is 1. The summed E-state index contributed by atoms with van der Waals surface area (Å²) < 4.78 is 31.7. The third kappa shape index (κ3) is 2.81. The van der Waals surface area contributed by atoms with Crippen LogP contribution in [-0.4, -0.2) is 52.6 Å². The second-order valence-electron chi connectivity index (χ2n) is 7.13. The molecule has 28 heavy (non-hydrogen) atoms. The van der Waals surface area contributed by atoms with Crippen LogP contribution < -0.4 is 10.3 Å². The highest BCUT2D eigenvalue weighted by atomic mass is 19.1. The molecule has 1 saturated heterocycles. The Morgan fingerprint density at radius 3 is 2.54 bits per heavy atom. The first-order chi connectivity index (χ1) is 13.3. The van der Waals surface area contributed by atoms with E-state index in [4.69, 9.17) is 0 Å². The van der Waals surface area contributed by atoms with Gasteiger partial charge < -0.3 is 19.5 Å². The van der Waals surface area contributed by atoms with E-state index >= 15 is 4.39 Å². The number of hydrogen-bond acceptors (Lipinski definition) is 4. The summed E-state index contributed by atoms with van der Waals surface area (Å²) in [7, 11) is 0. The van der Waals surface area contributed by atoms with Gasteiger partial charge in [-0.3, -0.25) is 9.59 Å². The zero-order valence-electron chi connectivity index (χ0n) is 15.2. The van der Waals surface area contributed by atoms with Crippen molar-refractivity contribution in [2.75, 3.05) is 31.1 Å². The van der Waals surface area contributed by atoms with Gasteiger partial charge in [-0.25, -0.2) is 13.6 Å². The van der Waals surface area contributed by atoms with Crippen molar-refractivity contribution in [1.29, 1.82) is 0 Å². The summed E-state index contributed by atoms with van der Waals surface area (Å²) in [6, 6.07) is 0.755. The number of amides is 1. The quantitative estimate of drug-likeness (QED) is 0.862. The van der Waals surface area contributed by atoms with Crippen LogP contribution in [0, 0.1) is 11.6 Å². The number of fused-ring (bicyclic) bond motifs is 1. The number of nitrogens with zero attached hydrogens (tertiary/aromatic N) is 3. The standard InChI is InChI=1S/C19H19F2N3O4/c1-2-22-5-6-23(9-14(22)25)17-13(20)7-11-16(15(17)21)24(10-3-4-10)8-12(18(11)26)19(27)28/h7-8,10H,2-6,9H2,1H3,(H,27,28). The molecule has 1 aliphatic carbocycles. The zero-order valence-corrected chi connectivity index (χ0v) is 15.2. The fraction of sp³-hybridized carbons (Fsp3) is 0.421. The minimum atomic E-state index is -1.44. The lowest BCUT2D eigenvalue weighted by molar-refractivity contribution is -0.130. The van der Waals surface area contributed by atoms with Crippen LogP contribution in [0.2, 0.25) is 0 Å². The molecule has 0 unspecified atom stereocenters. The van der Waals surface area contributed by atoms with Gasteiger partial charge in [0.1, 0.15) is 17.1 Å². The summed E-state index contributed by atoms with van der Waals surface area (Å²) in [6.45, 7) is 2.81. The average molecular weight is 391 g/mol. The average Bonchev–Trinajstić information content (AvgIpc) is 3.47. The van der Waals surface area contributed by atoms with E-state index in [1.54, 1.807) is 4.90 Å². The molecular formula is C19H19F2N3O4. The van der Waals surface area contributed by atoms with Gasteiger partial charge in [0.2, 0.25) is 11.3 Å². The number of hydrogen-bond donors (Lipinski definition) is 1. The van der Waals surface area contributed by atoms with Crippen molar-refractivity contribution in [3.8, 4) is 0 Å². The van der Waals surface area contributed by atoms with Crippen molar-refractivity contribution in [2.45, 2.75) is 25.8 Å². The molecule has 2 fully saturated rings. The highest BCUT2D eigenvalue weighted by Gasteiger charge is 2.32. The maximum Gasteiger partial charge on any atom is 0.341 e. The van der Waals surface area contributed by atoms with Crippen molar-refractivity contribution in [2.24, 2.45) is 0 Å². The van der Waals surface area contributed by atoms with E-state index in [0.29, 0.717) is 13.1 Å². The predicted molar refractivity (Wildman–Crippen MR) is 97.8 cm³/mol. The van der Waals surface area contributed by atoms with E-state index in [2.05, 4.69) is 0 Å². The number of benzene rings is 1. The number of carbonyl (C=O) groups is 2. The summed E-state index contributed by atoms with van der Waals surface area (Å²) in [5, 5.41) is 8.97. The van der Waals surface area contributed by atoms with Crippen LogP contribution >= 0.6 is 0 Å².